The molecule has 146 valence electrons. The van der Waals surface area contributed by atoms with Gasteiger partial charge in [-0.2, -0.15) is 14.3 Å². The Hall–Kier alpha value is -2.24. The van der Waals surface area contributed by atoms with Crippen LogP contribution in [0.1, 0.15) is 6.42 Å². The average molecular weight is 395 g/mol. The summed E-state index contributed by atoms with van der Waals surface area (Å²) in [4.78, 5) is 24.8. The van der Waals surface area contributed by atoms with Gasteiger partial charge in [0.2, 0.25) is 5.79 Å². The Morgan fingerprint density at radius 1 is 1.38 bits per heavy atom. The van der Waals surface area contributed by atoms with E-state index in [-0.39, 0.29) is 11.9 Å². The number of nitrogens with zero attached hydrogens (tertiary/aromatic N) is 3. The summed E-state index contributed by atoms with van der Waals surface area (Å²) in [6.45, 7) is -0.498. The highest BCUT2D eigenvalue weighted by molar-refractivity contribution is 7.80. The third-order valence-electron chi connectivity index (χ3n) is 4.49. The van der Waals surface area contributed by atoms with E-state index in [0.717, 1.165) is 4.90 Å². The minimum absolute atomic E-state index is 0.240. The van der Waals surface area contributed by atoms with Gasteiger partial charge in [-0.3, -0.25) is 9.35 Å². The molecule has 4 atom stereocenters. The highest BCUT2D eigenvalue weighted by Gasteiger charge is 2.74. The number of rotatable bonds is 4. The maximum atomic E-state index is 11.5. The molecular weight excluding hydrogens is 378 g/mol. The molecule has 16 heteroatoms. The first-order valence-electron chi connectivity index (χ1n) is 7.14. The van der Waals surface area contributed by atoms with Crippen LogP contribution in [0.2, 0.25) is 0 Å². The van der Waals surface area contributed by atoms with E-state index < -0.39 is 59.0 Å². The number of nitrogens with one attached hydrogen (secondary N) is 1. The minimum Gasteiger partial charge on any atom is -0.373 e. The molecule has 3 aliphatic rings. The van der Waals surface area contributed by atoms with Gasteiger partial charge in [-0.05, 0) is 0 Å². The van der Waals surface area contributed by atoms with E-state index in [4.69, 9.17) is 21.9 Å². The number of hydrogen-bond acceptors (Lipinski definition) is 14. The molecule has 1 fully saturated rings. The van der Waals surface area contributed by atoms with E-state index in [2.05, 4.69) is 24.3 Å². The predicted octanol–water partition coefficient (Wildman–Crippen LogP) is -5.34. The van der Waals surface area contributed by atoms with E-state index in [1.807, 2.05) is 0 Å². The summed E-state index contributed by atoms with van der Waals surface area (Å²) in [6.07, 6.45) is -2.29. The zero-order valence-electron chi connectivity index (χ0n) is 13.0. The lowest BCUT2D eigenvalue weighted by molar-refractivity contribution is -0.252. The molecule has 0 radical (unpaired) electrons. The fraction of sp³-hybridized carbons (Fsp3) is 0.700. The maximum absolute atomic E-state index is 11.5. The second-order valence-electron chi connectivity index (χ2n) is 5.95. The molecule has 10 N–H and O–H groups in total. The molecule has 0 aromatic rings. The lowest BCUT2D eigenvalue weighted by Crippen LogP contribution is -2.77. The van der Waals surface area contributed by atoms with Crippen LogP contribution in [-0.2, 0) is 24.2 Å². The second kappa shape index (κ2) is 5.63. The summed E-state index contributed by atoms with van der Waals surface area (Å²) in [5.74, 6) is 0.451. The van der Waals surface area contributed by atoms with E-state index in [1.165, 1.54) is 0 Å². The number of aliphatic imine (C=N–C) groups is 2. The SMILES string of the molecule is NOC(=O)C[C@@H]1N=C(N)N2C[C@H](OS(=O)(=O)O)C(O)(O)C23NC(N)=NC13. The van der Waals surface area contributed by atoms with Crippen LogP contribution in [0.3, 0.4) is 0 Å². The van der Waals surface area contributed by atoms with Crippen LogP contribution >= 0.6 is 0 Å². The van der Waals surface area contributed by atoms with Gasteiger partial charge in [0, 0.05) is 0 Å². The molecule has 0 aromatic carbocycles. The Kier molecular flexibility index (Phi) is 4.01. The van der Waals surface area contributed by atoms with Gasteiger partial charge in [0.05, 0.1) is 19.0 Å². The summed E-state index contributed by atoms with van der Waals surface area (Å²) >= 11 is 0. The number of carbonyl (C=O) groups is 1. The van der Waals surface area contributed by atoms with E-state index >= 15 is 0 Å². The first kappa shape index (κ1) is 18.5. The summed E-state index contributed by atoms with van der Waals surface area (Å²) in [6, 6.07) is -2.25. The topological polar surface area (TPSA) is 248 Å². The van der Waals surface area contributed by atoms with Crippen LogP contribution in [0.15, 0.2) is 9.98 Å². The number of guanidine groups is 2. The number of carbonyl (C=O) groups excluding carboxylic acids is 1. The second-order valence-corrected chi connectivity index (χ2v) is 7.00. The summed E-state index contributed by atoms with van der Waals surface area (Å²) in [5.41, 5.74) is 9.50. The first-order chi connectivity index (χ1) is 11.9. The quantitative estimate of drug-likeness (QED) is 0.133. The van der Waals surface area contributed by atoms with Gasteiger partial charge in [0.15, 0.2) is 23.7 Å². The van der Waals surface area contributed by atoms with Crippen molar-refractivity contribution < 1.29 is 37.0 Å². The molecular formula is C10H17N7O8S. The Morgan fingerprint density at radius 2 is 2.04 bits per heavy atom. The van der Waals surface area contributed by atoms with Gasteiger partial charge in [0.25, 0.3) is 0 Å². The summed E-state index contributed by atoms with van der Waals surface area (Å²) in [7, 11) is -5.04. The first-order valence-corrected chi connectivity index (χ1v) is 8.51. The van der Waals surface area contributed by atoms with Crippen LogP contribution in [0.5, 0.6) is 0 Å². The third-order valence-corrected chi connectivity index (χ3v) is 4.97. The largest absolute Gasteiger partial charge is 0.397 e. The fourth-order valence-corrected chi connectivity index (χ4v) is 4.02. The zero-order chi connectivity index (χ0) is 19.5. The van der Waals surface area contributed by atoms with Crippen LogP contribution in [-0.4, -0.2) is 82.2 Å². The number of aliphatic hydroxyl groups is 2. The smallest absolute Gasteiger partial charge is 0.373 e. The fourth-order valence-electron chi connectivity index (χ4n) is 3.53. The van der Waals surface area contributed by atoms with Gasteiger partial charge >= 0.3 is 16.4 Å². The Labute approximate surface area is 146 Å². The molecule has 2 unspecified atom stereocenters. The molecule has 0 amide bonds. The lowest BCUT2D eigenvalue weighted by Gasteiger charge is -2.48. The molecule has 0 saturated carbocycles. The van der Waals surface area contributed by atoms with Crippen molar-refractivity contribution >= 4 is 28.3 Å². The molecule has 26 heavy (non-hydrogen) atoms. The van der Waals surface area contributed by atoms with E-state index in [1.54, 1.807) is 0 Å². The zero-order valence-corrected chi connectivity index (χ0v) is 13.8. The summed E-state index contributed by atoms with van der Waals surface area (Å²) < 4.78 is 35.4. The van der Waals surface area contributed by atoms with Gasteiger partial charge in [-0.15, -0.1) is 0 Å². The molecule has 1 spiro atoms. The van der Waals surface area contributed by atoms with Crippen molar-refractivity contribution in [2.24, 2.45) is 27.3 Å². The molecule has 3 heterocycles. The van der Waals surface area contributed by atoms with Crippen molar-refractivity contribution in [3.63, 3.8) is 0 Å². The van der Waals surface area contributed by atoms with Crippen LogP contribution in [0, 0.1) is 0 Å². The third kappa shape index (κ3) is 2.54. The molecule has 3 rings (SSSR count). The predicted molar refractivity (Wildman–Crippen MR) is 81.9 cm³/mol. The van der Waals surface area contributed by atoms with Crippen LogP contribution < -0.4 is 22.7 Å². The molecule has 15 nitrogen and oxygen atoms in total. The van der Waals surface area contributed by atoms with E-state index in [9.17, 15) is 23.4 Å². The van der Waals surface area contributed by atoms with Crippen molar-refractivity contribution in [1.82, 2.24) is 10.2 Å². The van der Waals surface area contributed by atoms with Crippen LogP contribution in [0.25, 0.3) is 0 Å². The Balaban J connectivity index is 2.07. The standard InChI is InChI=1S/C10H17N7O8S/c11-7-15-6-3(1-5(18)24-13)14-8(12)17-2-4(25-26(21,22)23)10(19,20)9(6,17)16-7/h3-4,6,19-20H,1-2,13H2,(H2,12,14)(H3,11,15,16)(H,21,22,23)/t3-,4-,6?,9?/m0/s1. The van der Waals surface area contributed by atoms with Crippen molar-refractivity contribution in [2.45, 2.75) is 36.1 Å². The highest BCUT2D eigenvalue weighted by atomic mass is 32.3. The Bertz CT molecular complexity index is 797. The van der Waals surface area contributed by atoms with Gasteiger partial charge in [-0.1, -0.05) is 0 Å². The molecule has 0 aliphatic carbocycles. The Morgan fingerprint density at radius 3 is 2.62 bits per heavy atom. The molecule has 0 bridgehead atoms. The van der Waals surface area contributed by atoms with Crippen molar-refractivity contribution in [2.75, 3.05) is 6.54 Å². The van der Waals surface area contributed by atoms with Crippen molar-refractivity contribution in [3.05, 3.63) is 0 Å². The molecule has 3 aliphatic heterocycles. The maximum Gasteiger partial charge on any atom is 0.397 e. The minimum atomic E-state index is -5.04. The van der Waals surface area contributed by atoms with Crippen molar-refractivity contribution in [1.29, 1.82) is 0 Å². The molecule has 0 aromatic heterocycles. The summed E-state index contributed by atoms with van der Waals surface area (Å²) in [5, 5.41) is 23.9. The number of nitrogens with two attached hydrogens (primary N) is 3. The highest BCUT2D eigenvalue weighted by Crippen LogP contribution is 2.46. The monoisotopic (exact) mass is 395 g/mol. The molecule has 1 saturated heterocycles. The van der Waals surface area contributed by atoms with E-state index in [0.29, 0.717) is 0 Å². The van der Waals surface area contributed by atoms with Crippen molar-refractivity contribution in [3.8, 4) is 0 Å². The normalized spacial score (nSPS) is 35.1. The lowest BCUT2D eigenvalue weighted by atomic mass is 9.84. The van der Waals surface area contributed by atoms with Gasteiger partial charge < -0.3 is 36.7 Å². The average Bonchev–Trinajstić information content (AvgIpc) is 2.96. The van der Waals surface area contributed by atoms with Gasteiger partial charge in [0.1, 0.15) is 6.04 Å². The number of hydrogen-bond donors (Lipinski definition) is 7. The van der Waals surface area contributed by atoms with Crippen LogP contribution in [0.4, 0.5) is 0 Å². The van der Waals surface area contributed by atoms with Gasteiger partial charge in [-0.25, -0.2) is 14.2 Å².